The minimum Gasteiger partial charge on any atom is -1.00 e. The van der Waals surface area contributed by atoms with Gasteiger partial charge in [0.2, 0.25) is 0 Å². The normalized spacial score (nSPS) is 10.2. The Labute approximate surface area is 92.7 Å². The van der Waals surface area contributed by atoms with Crippen molar-refractivity contribution in [2.75, 3.05) is 34.3 Å². The highest BCUT2D eigenvalue weighted by atomic mass is 35.5. The number of rotatable bonds is 6. The molecule has 4 heteroatoms. The molecule has 0 saturated heterocycles. The third-order valence-corrected chi connectivity index (χ3v) is 1.63. The highest BCUT2D eigenvalue weighted by Gasteiger charge is 2.05. The highest BCUT2D eigenvalue weighted by Crippen LogP contribution is 1.97. The average molecular weight is 222 g/mol. The van der Waals surface area contributed by atoms with Crippen LogP contribution < -0.4 is 12.4 Å². The predicted octanol–water partition coefficient (Wildman–Crippen LogP) is -1.79. The van der Waals surface area contributed by atoms with E-state index >= 15 is 0 Å². The van der Waals surface area contributed by atoms with Crippen molar-refractivity contribution in [2.45, 2.75) is 12.8 Å². The molecule has 0 saturated carbocycles. The molecule has 14 heavy (non-hydrogen) atoms. The van der Waals surface area contributed by atoms with Crippen LogP contribution in [0.1, 0.15) is 12.8 Å². The van der Waals surface area contributed by atoms with Crippen LogP contribution in [0.25, 0.3) is 0 Å². The van der Waals surface area contributed by atoms with Crippen LogP contribution in [0.5, 0.6) is 0 Å². The van der Waals surface area contributed by atoms with E-state index in [1.54, 1.807) is 0 Å². The Balaban J connectivity index is 0. The summed E-state index contributed by atoms with van der Waals surface area (Å²) in [4.78, 5) is 10.6. The second kappa shape index (κ2) is 7.83. The summed E-state index contributed by atoms with van der Waals surface area (Å²) in [6.07, 6.45) is 3.20. The van der Waals surface area contributed by atoms with Crippen LogP contribution in [-0.4, -0.2) is 44.7 Å². The molecule has 0 fully saturated rings. The van der Waals surface area contributed by atoms with Crippen LogP contribution >= 0.6 is 0 Å². The Bertz CT molecular complexity index is 175. The van der Waals surface area contributed by atoms with Gasteiger partial charge in [0, 0.05) is 6.08 Å². The van der Waals surface area contributed by atoms with Crippen LogP contribution in [0.2, 0.25) is 0 Å². The molecule has 0 amide bonds. The number of esters is 1. The summed E-state index contributed by atoms with van der Waals surface area (Å²) < 4.78 is 5.80. The molecular weight excluding hydrogens is 202 g/mol. The van der Waals surface area contributed by atoms with Crippen molar-refractivity contribution in [2.24, 2.45) is 0 Å². The van der Waals surface area contributed by atoms with Gasteiger partial charge < -0.3 is 21.6 Å². The van der Waals surface area contributed by atoms with E-state index in [1.165, 1.54) is 6.08 Å². The molecular formula is C10H20ClNO2. The number of hydrogen-bond donors (Lipinski definition) is 0. The fourth-order valence-electron chi connectivity index (χ4n) is 0.920. The molecule has 0 radical (unpaired) electrons. The molecule has 0 atom stereocenters. The van der Waals surface area contributed by atoms with E-state index in [0.717, 1.165) is 23.9 Å². The molecule has 0 aromatic heterocycles. The monoisotopic (exact) mass is 221 g/mol. The Morgan fingerprint density at radius 3 is 2.36 bits per heavy atom. The molecule has 3 nitrogen and oxygen atoms in total. The zero-order valence-electron chi connectivity index (χ0n) is 9.25. The Morgan fingerprint density at radius 2 is 1.93 bits per heavy atom. The maximum absolute atomic E-state index is 10.6. The lowest BCUT2D eigenvalue weighted by molar-refractivity contribution is -0.870. The largest absolute Gasteiger partial charge is 1.00 e. The van der Waals surface area contributed by atoms with E-state index in [2.05, 4.69) is 27.7 Å². The Kier molecular flexibility index (Phi) is 8.89. The molecule has 0 aromatic carbocycles. The summed E-state index contributed by atoms with van der Waals surface area (Å²) in [6.45, 7) is 4.93. The summed E-state index contributed by atoms with van der Waals surface area (Å²) in [6, 6.07) is 0. The van der Waals surface area contributed by atoms with Gasteiger partial charge in [0.25, 0.3) is 0 Å². The Hall–Kier alpha value is -0.540. The number of ether oxygens (including phenoxy) is 1. The van der Waals surface area contributed by atoms with Crippen LogP contribution in [0, 0.1) is 0 Å². The molecule has 0 aliphatic rings. The van der Waals surface area contributed by atoms with Crippen LogP contribution in [0.3, 0.4) is 0 Å². The third kappa shape index (κ3) is 11.5. The molecule has 0 aliphatic carbocycles. The van der Waals surface area contributed by atoms with Gasteiger partial charge in [-0.1, -0.05) is 6.58 Å². The smallest absolute Gasteiger partial charge is 0.330 e. The minimum atomic E-state index is -0.328. The minimum absolute atomic E-state index is 0. The van der Waals surface area contributed by atoms with Gasteiger partial charge in [-0.15, -0.1) is 0 Å². The van der Waals surface area contributed by atoms with Gasteiger partial charge >= 0.3 is 5.97 Å². The highest BCUT2D eigenvalue weighted by molar-refractivity contribution is 5.81. The standard InChI is InChI=1S/C10H20NO2.ClH/c1-5-10(12)13-9-7-6-8-11(2,3)4;/h5H,1,6-9H2,2-4H3;1H/q+1;/p-1. The van der Waals surface area contributed by atoms with Crippen molar-refractivity contribution in [3.63, 3.8) is 0 Å². The molecule has 0 heterocycles. The van der Waals surface area contributed by atoms with E-state index in [0.29, 0.717) is 6.61 Å². The van der Waals surface area contributed by atoms with Gasteiger partial charge in [0.05, 0.1) is 34.3 Å². The number of hydrogen-bond acceptors (Lipinski definition) is 2. The number of carbonyl (C=O) groups excluding carboxylic acids is 1. The molecule has 0 spiro atoms. The van der Waals surface area contributed by atoms with E-state index in [-0.39, 0.29) is 18.4 Å². The summed E-state index contributed by atoms with van der Waals surface area (Å²) >= 11 is 0. The molecule has 0 bridgehead atoms. The van der Waals surface area contributed by atoms with Gasteiger partial charge in [-0.05, 0) is 12.8 Å². The fraction of sp³-hybridized carbons (Fsp3) is 0.700. The number of carbonyl (C=O) groups is 1. The Morgan fingerprint density at radius 1 is 1.36 bits per heavy atom. The maximum Gasteiger partial charge on any atom is 0.330 e. The van der Waals surface area contributed by atoms with Gasteiger partial charge in [0.1, 0.15) is 0 Å². The zero-order valence-corrected chi connectivity index (χ0v) is 10.0. The van der Waals surface area contributed by atoms with Crippen LogP contribution in [0.15, 0.2) is 12.7 Å². The van der Waals surface area contributed by atoms with Crippen molar-refractivity contribution in [3.05, 3.63) is 12.7 Å². The SMILES string of the molecule is C=CC(=O)OCCCC[N+](C)(C)C.[Cl-]. The number of unbranched alkanes of at least 4 members (excludes halogenated alkanes) is 1. The van der Waals surface area contributed by atoms with Crippen molar-refractivity contribution in [1.82, 2.24) is 0 Å². The summed E-state index contributed by atoms with van der Waals surface area (Å²) in [7, 11) is 6.45. The molecule has 0 aliphatic heterocycles. The number of halogens is 1. The summed E-state index contributed by atoms with van der Waals surface area (Å²) in [5.74, 6) is -0.328. The first-order valence-electron chi connectivity index (χ1n) is 4.55. The molecule has 84 valence electrons. The lowest BCUT2D eigenvalue weighted by Crippen LogP contribution is -3.00. The lowest BCUT2D eigenvalue weighted by Gasteiger charge is -2.23. The number of nitrogens with zero attached hydrogens (tertiary/aromatic N) is 1. The number of quaternary nitrogens is 1. The molecule has 0 aromatic rings. The fourth-order valence-corrected chi connectivity index (χ4v) is 0.920. The van der Waals surface area contributed by atoms with E-state index < -0.39 is 0 Å². The quantitative estimate of drug-likeness (QED) is 0.229. The first-order chi connectivity index (χ1) is 5.95. The first kappa shape index (κ1) is 15.9. The van der Waals surface area contributed by atoms with Crippen molar-refractivity contribution < 1.29 is 26.4 Å². The topological polar surface area (TPSA) is 26.3 Å². The van der Waals surface area contributed by atoms with Crippen molar-refractivity contribution in [1.29, 1.82) is 0 Å². The van der Waals surface area contributed by atoms with Crippen molar-refractivity contribution >= 4 is 5.97 Å². The van der Waals surface area contributed by atoms with Gasteiger partial charge in [0.15, 0.2) is 0 Å². The maximum atomic E-state index is 10.6. The zero-order chi connectivity index (χ0) is 10.3. The van der Waals surface area contributed by atoms with E-state index in [1.807, 2.05) is 0 Å². The predicted molar refractivity (Wildman–Crippen MR) is 53.3 cm³/mol. The van der Waals surface area contributed by atoms with Gasteiger partial charge in [-0.2, -0.15) is 0 Å². The van der Waals surface area contributed by atoms with E-state index in [4.69, 9.17) is 4.74 Å². The second-order valence-electron chi connectivity index (χ2n) is 4.09. The third-order valence-electron chi connectivity index (χ3n) is 1.63. The van der Waals surface area contributed by atoms with Crippen molar-refractivity contribution in [3.8, 4) is 0 Å². The van der Waals surface area contributed by atoms with Crippen LogP contribution in [0.4, 0.5) is 0 Å². The van der Waals surface area contributed by atoms with Crippen LogP contribution in [-0.2, 0) is 9.53 Å². The van der Waals surface area contributed by atoms with E-state index in [9.17, 15) is 4.79 Å². The van der Waals surface area contributed by atoms with Gasteiger partial charge in [-0.3, -0.25) is 0 Å². The molecule has 0 N–H and O–H groups in total. The average Bonchev–Trinajstić information content (AvgIpc) is 2.01. The lowest BCUT2D eigenvalue weighted by atomic mass is 10.3. The first-order valence-corrected chi connectivity index (χ1v) is 4.55. The second-order valence-corrected chi connectivity index (χ2v) is 4.09. The molecule has 0 unspecified atom stereocenters. The molecule has 0 rings (SSSR count). The summed E-state index contributed by atoms with van der Waals surface area (Å²) in [5.41, 5.74) is 0. The van der Waals surface area contributed by atoms with Gasteiger partial charge in [-0.25, -0.2) is 4.79 Å². The summed E-state index contributed by atoms with van der Waals surface area (Å²) in [5, 5.41) is 0.